The maximum absolute atomic E-state index is 8.14. The molecule has 0 saturated heterocycles. The molecule has 0 fully saturated rings. The average molecular weight is 199 g/mol. The van der Waals surface area contributed by atoms with Crippen LogP contribution in [0.25, 0.3) is 0 Å². The van der Waals surface area contributed by atoms with Crippen molar-refractivity contribution in [3.05, 3.63) is 16.9 Å². The van der Waals surface area contributed by atoms with Crippen LogP contribution in [0.5, 0.6) is 0 Å². The van der Waals surface area contributed by atoms with E-state index in [4.69, 9.17) is 5.26 Å². The number of nitriles is 1. The molecule has 0 radical (unpaired) electrons. The molecule has 0 saturated carbocycles. The van der Waals surface area contributed by atoms with Gasteiger partial charge < -0.3 is 0 Å². The second kappa shape index (κ2) is 3.13. The normalized spacial score (nSPS) is 8.40. The van der Waals surface area contributed by atoms with Crippen molar-refractivity contribution in [1.82, 2.24) is 9.97 Å². The van der Waals surface area contributed by atoms with E-state index in [9.17, 15) is 0 Å². The first kappa shape index (κ1) is 6.96. The van der Waals surface area contributed by atoms with Gasteiger partial charge in [0, 0.05) is 12.4 Å². The van der Waals surface area contributed by atoms with E-state index in [0.29, 0.717) is 5.95 Å². The number of aromatic nitrogens is 2. The quantitative estimate of drug-likeness (QED) is 0.543. The molecule has 1 rings (SSSR count). The molecule has 1 aromatic heterocycles. The summed E-state index contributed by atoms with van der Waals surface area (Å²) >= 11 is 3.16. The van der Waals surface area contributed by atoms with Crippen LogP contribution in [0.15, 0.2) is 16.9 Å². The summed E-state index contributed by atoms with van der Waals surface area (Å²) in [5, 5.41) is 10.4. The fraction of sp³-hybridized carbons (Fsp3) is 0. The van der Waals surface area contributed by atoms with Crippen molar-refractivity contribution >= 4 is 21.9 Å². The summed E-state index contributed by atoms with van der Waals surface area (Å²) in [5.74, 6) is 0.311. The predicted octanol–water partition coefficient (Wildman–Crippen LogP) is 1.13. The Kier molecular flexibility index (Phi) is 2.18. The first-order valence-electron chi connectivity index (χ1n) is 2.45. The van der Waals surface area contributed by atoms with Gasteiger partial charge in [-0.15, -0.1) is 0 Å². The fourth-order valence-corrected chi connectivity index (χ4v) is 0.632. The summed E-state index contributed by atoms with van der Waals surface area (Å²) < 4.78 is 0.788. The Morgan fingerprint density at radius 3 is 2.60 bits per heavy atom. The lowest BCUT2D eigenvalue weighted by atomic mass is 10.7. The van der Waals surface area contributed by atoms with Gasteiger partial charge in [0.15, 0.2) is 6.19 Å². The average Bonchev–Trinajstić information content (AvgIpc) is 1.95. The number of rotatable bonds is 1. The molecule has 5 heteroatoms. The van der Waals surface area contributed by atoms with Crippen molar-refractivity contribution in [1.29, 1.82) is 5.26 Å². The number of halogens is 1. The molecule has 10 heavy (non-hydrogen) atoms. The molecule has 0 aromatic carbocycles. The van der Waals surface area contributed by atoms with E-state index in [-0.39, 0.29) is 0 Å². The van der Waals surface area contributed by atoms with Crippen LogP contribution in [-0.2, 0) is 0 Å². The molecule has 1 N–H and O–H groups in total. The van der Waals surface area contributed by atoms with Crippen molar-refractivity contribution < 1.29 is 0 Å². The fourth-order valence-electron chi connectivity index (χ4n) is 0.427. The van der Waals surface area contributed by atoms with Crippen molar-refractivity contribution in [3.63, 3.8) is 0 Å². The summed E-state index contributed by atoms with van der Waals surface area (Å²) in [6, 6.07) is 0. The Morgan fingerprint density at radius 2 is 2.10 bits per heavy atom. The molecule has 0 aliphatic rings. The predicted molar refractivity (Wildman–Crippen MR) is 39.0 cm³/mol. The second-order valence-electron chi connectivity index (χ2n) is 1.46. The van der Waals surface area contributed by atoms with Gasteiger partial charge in [-0.05, 0) is 15.9 Å². The van der Waals surface area contributed by atoms with Gasteiger partial charge in [0.25, 0.3) is 0 Å². The summed E-state index contributed by atoms with van der Waals surface area (Å²) in [6.07, 6.45) is 4.84. The molecule has 0 aliphatic heterocycles. The van der Waals surface area contributed by atoms with Crippen LogP contribution in [0, 0.1) is 11.5 Å². The largest absolute Gasteiger partial charge is 0.261 e. The highest BCUT2D eigenvalue weighted by molar-refractivity contribution is 9.10. The van der Waals surface area contributed by atoms with E-state index in [1.807, 2.05) is 0 Å². The smallest absolute Gasteiger partial charge is 0.236 e. The van der Waals surface area contributed by atoms with Gasteiger partial charge in [0.2, 0.25) is 5.95 Å². The number of hydrogen-bond donors (Lipinski definition) is 1. The minimum atomic E-state index is 0.311. The molecular weight excluding hydrogens is 196 g/mol. The van der Waals surface area contributed by atoms with E-state index in [1.54, 1.807) is 18.6 Å². The molecule has 0 bridgehead atoms. The third-order valence-electron chi connectivity index (χ3n) is 0.788. The lowest BCUT2D eigenvalue weighted by Crippen LogP contribution is -1.93. The summed E-state index contributed by atoms with van der Waals surface area (Å²) in [5.41, 5.74) is 0. The number of anilines is 1. The third kappa shape index (κ3) is 1.67. The summed E-state index contributed by atoms with van der Waals surface area (Å²) in [6.45, 7) is 0. The number of nitrogens with zero attached hydrogens (tertiary/aromatic N) is 3. The zero-order valence-electron chi connectivity index (χ0n) is 4.87. The zero-order valence-corrected chi connectivity index (χ0v) is 6.46. The lowest BCUT2D eigenvalue weighted by Gasteiger charge is -1.91. The lowest BCUT2D eigenvalue weighted by molar-refractivity contribution is 1.15. The van der Waals surface area contributed by atoms with Crippen molar-refractivity contribution in [2.75, 3.05) is 5.32 Å². The standard InChI is InChI=1S/C5H3BrN4/c6-4-1-8-5(9-2-4)10-3-7/h1-2H,(H,8,9,10). The van der Waals surface area contributed by atoms with Gasteiger partial charge in [-0.25, -0.2) is 9.97 Å². The molecule has 0 aliphatic carbocycles. The van der Waals surface area contributed by atoms with Crippen LogP contribution in [0.2, 0.25) is 0 Å². The maximum atomic E-state index is 8.14. The van der Waals surface area contributed by atoms with Crippen LogP contribution >= 0.6 is 15.9 Å². The van der Waals surface area contributed by atoms with Crippen LogP contribution in [0.3, 0.4) is 0 Å². The Hall–Kier alpha value is -1.15. The van der Waals surface area contributed by atoms with Gasteiger partial charge in [0.05, 0.1) is 4.47 Å². The Labute approximate surface area is 66.0 Å². The SMILES string of the molecule is N#CNc1ncc(Br)cn1. The van der Waals surface area contributed by atoms with Gasteiger partial charge in [-0.1, -0.05) is 0 Å². The van der Waals surface area contributed by atoms with E-state index >= 15 is 0 Å². The highest BCUT2D eigenvalue weighted by atomic mass is 79.9. The molecule has 0 spiro atoms. The van der Waals surface area contributed by atoms with Crippen LogP contribution in [-0.4, -0.2) is 9.97 Å². The molecule has 4 nitrogen and oxygen atoms in total. The van der Waals surface area contributed by atoms with Crippen molar-refractivity contribution in [3.8, 4) is 6.19 Å². The Balaban J connectivity index is 2.81. The molecule has 1 heterocycles. The van der Waals surface area contributed by atoms with Crippen LogP contribution in [0.1, 0.15) is 0 Å². The summed E-state index contributed by atoms with van der Waals surface area (Å²) in [4.78, 5) is 7.55. The van der Waals surface area contributed by atoms with Gasteiger partial charge in [-0.3, -0.25) is 5.32 Å². The Morgan fingerprint density at radius 1 is 1.50 bits per heavy atom. The molecule has 1 aromatic rings. The third-order valence-corrected chi connectivity index (χ3v) is 1.20. The van der Waals surface area contributed by atoms with E-state index < -0.39 is 0 Å². The summed E-state index contributed by atoms with van der Waals surface area (Å²) in [7, 11) is 0. The monoisotopic (exact) mass is 198 g/mol. The van der Waals surface area contributed by atoms with E-state index in [0.717, 1.165) is 4.47 Å². The zero-order chi connectivity index (χ0) is 7.40. The molecule has 0 unspecified atom stereocenters. The van der Waals surface area contributed by atoms with Gasteiger partial charge in [-0.2, -0.15) is 5.26 Å². The van der Waals surface area contributed by atoms with Crippen LogP contribution < -0.4 is 5.32 Å². The minimum absolute atomic E-state index is 0.311. The first-order chi connectivity index (χ1) is 4.83. The van der Waals surface area contributed by atoms with Crippen molar-refractivity contribution in [2.45, 2.75) is 0 Å². The molecule has 0 amide bonds. The number of nitrogens with one attached hydrogen (secondary N) is 1. The molecule has 50 valence electrons. The van der Waals surface area contributed by atoms with Crippen LogP contribution in [0.4, 0.5) is 5.95 Å². The van der Waals surface area contributed by atoms with Gasteiger partial charge in [0.1, 0.15) is 0 Å². The Bertz CT molecular complexity index is 249. The highest BCUT2D eigenvalue weighted by Gasteiger charge is 1.90. The molecule has 0 atom stereocenters. The highest BCUT2D eigenvalue weighted by Crippen LogP contribution is 2.05. The van der Waals surface area contributed by atoms with E-state index in [2.05, 4.69) is 31.2 Å². The topological polar surface area (TPSA) is 61.6 Å². The molecular formula is C5H3BrN4. The van der Waals surface area contributed by atoms with E-state index in [1.165, 1.54) is 0 Å². The van der Waals surface area contributed by atoms with Gasteiger partial charge >= 0.3 is 0 Å². The number of hydrogen-bond acceptors (Lipinski definition) is 4. The van der Waals surface area contributed by atoms with Crippen molar-refractivity contribution in [2.24, 2.45) is 0 Å². The first-order valence-corrected chi connectivity index (χ1v) is 3.25. The minimum Gasteiger partial charge on any atom is -0.261 e. The second-order valence-corrected chi connectivity index (χ2v) is 2.38. The maximum Gasteiger partial charge on any atom is 0.236 e.